The molecular weight excluding hydrogens is 290 g/mol. The van der Waals surface area contributed by atoms with E-state index in [-0.39, 0.29) is 6.61 Å². The largest absolute Gasteiger partial charge is 0.459 e. The standard InChI is InChI=1S/C15H21NO6/c1-15(9-18,10-19)14(21)16-12(7-17)13(20)22-8-11-5-3-2-4-6-11/h2-6,12,17-19H,7-10H2,1H3,(H,16,21)/t12-/m0/s1. The van der Waals surface area contributed by atoms with Crippen molar-refractivity contribution in [2.24, 2.45) is 5.41 Å². The first-order valence-corrected chi connectivity index (χ1v) is 6.81. The topological polar surface area (TPSA) is 116 Å². The second kappa shape index (κ2) is 8.47. The molecule has 0 aliphatic carbocycles. The highest BCUT2D eigenvalue weighted by Gasteiger charge is 2.35. The highest BCUT2D eigenvalue weighted by Crippen LogP contribution is 2.14. The molecular formula is C15H21NO6. The maximum Gasteiger partial charge on any atom is 0.331 e. The van der Waals surface area contributed by atoms with Gasteiger partial charge in [0.1, 0.15) is 6.61 Å². The number of ether oxygens (including phenoxy) is 1. The number of esters is 1. The quantitative estimate of drug-likeness (QED) is 0.467. The van der Waals surface area contributed by atoms with E-state index < -0.39 is 43.2 Å². The molecule has 0 aromatic heterocycles. The summed E-state index contributed by atoms with van der Waals surface area (Å²) in [6.07, 6.45) is 0. The summed E-state index contributed by atoms with van der Waals surface area (Å²) in [5.41, 5.74) is -0.665. The molecule has 1 aromatic rings. The molecule has 1 aromatic carbocycles. The summed E-state index contributed by atoms with van der Waals surface area (Å²) in [4.78, 5) is 23.8. The summed E-state index contributed by atoms with van der Waals surface area (Å²) in [6, 6.07) is 7.70. The van der Waals surface area contributed by atoms with Crippen molar-refractivity contribution in [1.82, 2.24) is 5.32 Å². The van der Waals surface area contributed by atoms with E-state index in [4.69, 9.17) is 14.9 Å². The molecule has 0 fully saturated rings. The monoisotopic (exact) mass is 311 g/mol. The van der Waals surface area contributed by atoms with Crippen LogP contribution in [0.1, 0.15) is 12.5 Å². The predicted octanol–water partition coefficient (Wildman–Crippen LogP) is -0.802. The van der Waals surface area contributed by atoms with Crippen molar-refractivity contribution >= 4 is 11.9 Å². The average Bonchev–Trinajstić information content (AvgIpc) is 2.57. The molecule has 0 aliphatic rings. The van der Waals surface area contributed by atoms with Gasteiger partial charge in [0, 0.05) is 0 Å². The van der Waals surface area contributed by atoms with Crippen molar-refractivity contribution in [3.8, 4) is 0 Å². The van der Waals surface area contributed by atoms with Crippen LogP contribution in [0, 0.1) is 5.41 Å². The minimum Gasteiger partial charge on any atom is -0.459 e. The van der Waals surface area contributed by atoms with Gasteiger partial charge in [0.05, 0.1) is 25.2 Å². The van der Waals surface area contributed by atoms with E-state index in [0.29, 0.717) is 0 Å². The molecule has 7 nitrogen and oxygen atoms in total. The molecule has 22 heavy (non-hydrogen) atoms. The van der Waals surface area contributed by atoms with E-state index in [1.165, 1.54) is 6.92 Å². The van der Waals surface area contributed by atoms with Crippen LogP contribution >= 0.6 is 0 Å². The Balaban J connectivity index is 2.59. The van der Waals surface area contributed by atoms with E-state index >= 15 is 0 Å². The Morgan fingerprint density at radius 2 is 1.77 bits per heavy atom. The number of hydrogen-bond acceptors (Lipinski definition) is 6. The van der Waals surface area contributed by atoms with E-state index in [9.17, 15) is 14.7 Å². The Morgan fingerprint density at radius 1 is 1.18 bits per heavy atom. The molecule has 0 saturated heterocycles. The van der Waals surface area contributed by atoms with Crippen LogP contribution in [0.25, 0.3) is 0 Å². The van der Waals surface area contributed by atoms with Gasteiger partial charge in [-0.3, -0.25) is 4.79 Å². The van der Waals surface area contributed by atoms with Gasteiger partial charge in [0.25, 0.3) is 0 Å². The second-order valence-electron chi connectivity index (χ2n) is 5.18. The lowest BCUT2D eigenvalue weighted by Gasteiger charge is -2.25. The fraction of sp³-hybridized carbons (Fsp3) is 0.467. The lowest BCUT2D eigenvalue weighted by atomic mass is 9.91. The molecule has 0 unspecified atom stereocenters. The van der Waals surface area contributed by atoms with Crippen LogP contribution in [0.3, 0.4) is 0 Å². The third-order valence-electron chi connectivity index (χ3n) is 3.24. The Labute approximate surface area is 128 Å². The van der Waals surface area contributed by atoms with Crippen LogP contribution in [0.2, 0.25) is 0 Å². The van der Waals surface area contributed by atoms with Gasteiger partial charge in [-0.2, -0.15) is 0 Å². The first-order chi connectivity index (χ1) is 10.5. The molecule has 7 heteroatoms. The van der Waals surface area contributed by atoms with Gasteiger partial charge in [0.2, 0.25) is 5.91 Å². The molecule has 0 saturated carbocycles. The summed E-state index contributed by atoms with van der Waals surface area (Å²) in [6.45, 7) is -0.471. The Morgan fingerprint density at radius 3 is 2.27 bits per heavy atom. The van der Waals surface area contributed by atoms with Crippen LogP contribution in [-0.2, 0) is 20.9 Å². The van der Waals surface area contributed by atoms with Gasteiger partial charge in [-0.1, -0.05) is 30.3 Å². The highest BCUT2D eigenvalue weighted by molar-refractivity contribution is 5.88. The van der Waals surface area contributed by atoms with E-state index in [1.807, 2.05) is 6.07 Å². The molecule has 0 bridgehead atoms. The molecule has 0 aliphatic heterocycles. The van der Waals surface area contributed by atoms with E-state index in [2.05, 4.69) is 5.32 Å². The number of aliphatic hydroxyl groups excluding tert-OH is 3. The zero-order chi connectivity index (χ0) is 16.6. The number of hydrogen-bond donors (Lipinski definition) is 4. The predicted molar refractivity (Wildman–Crippen MR) is 77.5 cm³/mol. The van der Waals surface area contributed by atoms with E-state index in [1.54, 1.807) is 24.3 Å². The first-order valence-electron chi connectivity index (χ1n) is 6.81. The molecule has 1 atom stereocenters. The Bertz CT molecular complexity index is 486. The SMILES string of the molecule is CC(CO)(CO)C(=O)N[C@@H](CO)C(=O)OCc1ccccc1. The van der Waals surface area contributed by atoms with Crippen molar-refractivity contribution in [2.45, 2.75) is 19.6 Å². The minimum absolute atomic E-state index is 0.0172. The second-order valence-corrected chi connectivity index (χ2v) is 5.18. The number of benzene rings is 1. The number of rotatable bonds is 8. The summed E-state index contributed by atoms with van der Waals surface area (Å²) < 4.78 is 5.02. The minimum atomic E-state index is -1.44. The molecule has 1 rings (SSSR count). The zero-order valence-electron chi connectivity index (χ0n) is 12.4. The van der Waals surface area contributed by atoms with Gasteiger partial charge in [-0.05, 0) is 12.5 Å². The van der Waals surface area contributed by atoms with E-state index in [0.717, 1.165) is 5.56 Å². The van der Waals surface area contributed by atoms with Crippen molar-refractivity contribution in [1.29, 1.82) is 0 Å². The third kappa shape index (κ3) is 4.80. The number of nitrogens with one attached hydrogen (secondary N) is 1. The van der Waals surface area contributed by atoms with Crippen LogP contribution in [0.15, 0.2) is 30.3 Å². The van der Waals surface area contributed by atoms with Crippen LogP contribution in [-0.4, -0.2) is 53.1 Å². The summed E-state index contributed by atoms with van der Waals surface area (Å²) in [5, 5.41) is 29.7. The lowest BCUT2D eigenvalue weighted by Crippen LogP contribution is -2.52. The van der Waals surface area contributed by atoms with Crippen molar-refractivity contribution in [3.05, 3.63) is 35.9 Å². The van der Waals surface area contributed by atoms with Gasteiger partial charge >= 0.3 is 5.97 Å². The summed E-state index contributed by atoms with van der Waals surface area (Å²) >= 11 is 0. The molecule has 0 spiro atoms. The van der Waals surface area contributed by atoms with Crippen LogP contribution in [0.5, 0.6) is 0 Å². The maximum atomic E-state index is 11.9. The van der Waals surface area contributed by atoms with Gasteiger partial charge in [-0.15, -0.1) is 0 Å². The van der Waals surface area contributed by atoms with Crippen LogP contribution in [0.4, 0.5) is 0 Å². The highest BCUT2D eigenvalue weighted by atomic mass is 16.5. The molecule has 0 heterocycles. The van der Waals surface area contributed by atoms with Crippen molar-refractivity contribution < 1.29 is 29.6 Å². The molecule has 122 valence electrons. The summed E-state index contributed by atoms with van der Waals surface area (Å²) in [7, 11) is 0. The number of aliphatic hydroxyl groups is 3. The normalized spacial score (nSPS) is 12.5. The lowest BCUT2D eigenvalue weighted by molar-refractivity contribution is -0.152. The van der Waals surface area contributed by atoms with Crippen LogP contribution < -0.4 is 5.32 Å². The summed E-state index contributed by atoms with van der Waals surface area (Å²) in [5.74, 6) is -1.54. The van der Waals surface area contributed by atoms with Gasteiger partial charge < -0.3 is 25.4 Å². The van der Waals surface area contributed by atoms with Crippen molar-refractivity contribution in [2.75, 3.05) is 19.8 Å². The van der Waals surface area contributed by atoms with Gasteiger partial charge in [-0.25, -0.2) is 4.79 Å². The Kier molecular flexibility index (Phi) is 6.97. The smallest absolute Gasteiger partial charge is 0.331 e. The third-order valence-corrected chi connectivity index (χ3v) is 3.24. The fourth-order valence-corrected chi connectivity index (χ4v) is 1.53. The number of carbonyl (C=O) groups excluding carboxylic acids is 2. The number of carbonyl (C=O) groups is 2. The Hall–Kier alpha value is -1.96. The first kappa shape index (κ1) is 18.1. The maximum absolute atomic E-state index is 11.9. The molecule has 4 N–H and O–H groups in total. The average molecular weight is 311 g/mol. The van der Waals surface area contributed by atoms with Crippen molar-refractivity contribution in [3.63, 3.8) is 0 Å². The molecule has 0 radical (unpaired) electrons. The fourth-order valence-electron chi connectivity index (χ4n) is 1.53. The van der Waals surface area contributed by atoms with Gasteiger partial charge in [0.15, 0.2) is 6.04 Å². The zero-order valence-corrected chi connectivity index (χ0v) is 12.4. The molecule has 1 amide bonds. The number of amides is 1.